The molecule has 0 aromatic carbocycles. The van der Waals surface area contributed by atoms with Crippen LogP contribution < -0.4 is 15.5 Å². The Hall–Kier alpha value is -3.84. The Balaban J connectivity index is 1.14. The summed E-state index contributed by atoms with van der Waals surface area (Å²) in [6, 6.07) is 5.25. The number of rotatable bonds is 7. The van der Waals surface area contributed by atoms with Crippen molar-refractivity contribution in [1.82, 2.24) is 30.6 Å². The number of anilines is 1. The molecule has 2 aliphatic heterocycles. The molecule has 3 aromatic rings. The quantitative estimate of drug-likeness (QED) is 0.342. The van der Waals surface area contributed by atoms with Gasteiger partial charge in [0, 0.05) is 49.1 Å². The fourth-order valence-corrected chi connectivity index (χ4v) is 4.95. The molecule has 0 unspecified atom stereocenters. The smallest absolute Gasteiger partial charge is 0.290 e. The Kier molecular flexibility index (Phi) is 7.65. The van der Waals surface area contributed by atoms with E-state index in [0.29, 0.717) is 34.6 Å². The van der Waals surface area contributed by atoms with Gasteiger partial charge in [-0.1, -0.05) is 0 Å². The Morgan fingerprint density at radius 3 is 2.55 bits per heavy atom. The van der Waals surface area contributed by atoms with E-state index in [4.69, 9.17) is 0 Å². The summed E-state index contributed by atoms with van der Waals surface area (Å²) in [5.41, 5.74) is 1.33. The number of nitrogens with one attached hydrogen (secondary N) is 2. The fraction of sp³-hybridized carbons (Fsp3) is 0.280. The second-order valence-electron chi connectivity index (χ2n) is 8.86. The first-order chi connectivity index (χ1) is 18.3. The van der Waals surface area contributed by atoms with Gasteiger partial charge in [-0.05, 0) is 55.3 Å². The Morgan fingerprint density at radius 1 is 1.08 bits per heavy atom. The van der Waals surface area contributed by atoms with Crippen molar-refractivity contribution in [2.45, 2.75) is 19.4 Å². The lowest BCUT2D eigenvalue weighted by Crippen LogP contribution is -2.38. The number of thioether (sulfide) groups is 1. The van der Waals surface area contributed by atoms with Gasteiger partial charge < -0.3 is 10.2 Å². The van der Waals surface area contributed by atoms with Crippen LogP contribution in [0.5, 0.6) is 0 Å². The third-order valence-electron chi connectivity index (χ3n) is 6.22. The number of hydrogen-bond acceptors (Lipinski definition) is 9. The molecule has 3 aromatic heterocycles. The zero-order valence-electron chi connectivity index (χ0n) is 20.0. The number of aromatic nitrogens is 4. The Bertz CT molecular complexity index is 1390. The van der Waals surface area contributed by atoms with E-state index in [1.165, 1.54) is 6.07 Å². The van der Waals surface area contributed by atoms with Crippen LogP contribution >= 0.6 is 11.8 Å². The minimum Gasteiger partial charge on any atom is -0.341 e. The van der Waals surface area contributed by atoms with Gasteiger partial charge in [0.25, 0.3) is 11.1 Å². The molecule has 5 heterocycles. The molecule has 5 rings (SSSR count). The summed E-state index contributed by atoms with van der Waals surface area (Å²) >= 11 is 0.839. The predicted molar refractivity (Wildman–Crippen MR) is 135 cm³/mol. The normalized spacial score (nSPS) is 17.3. The minimum absolute atomic E-state index is 0.185. The summed E-state index contributed by atoms with van der Waals surface area (Å²) < 4.78 is 41.2. The molecule has 2 amide bonds. The molecular formula is C25H22F3N7O2S. The van der Waals surface area contributed by atoms with Crippen molar-refractivity contribution in [1.29, 1.82) is 0 Å². The molecule has 2 aliphatic rings. The van der Waals surface area contributed by atoms with E-state index in [-0.39, 0.29) is 17.8 Å². The molecule has 0 radical (unpaired) electrons. The molecule has 0 atom stereocenters. The Labute approximate surface area is 220 Å². The maximum Gasteiger partial charge on any atom is 0.290 e. The first-order valence-corrected chi connectivity index (χ1v) is 12.7. The van der Waals surface area contributed by atoms with Crippen LogP contribution in [0.1, 0.15) is 24.1 Å². The van der Waals surface area contributed by atoms with Crippen molar-refractivity contribution in [2.75, 3.05) is 24.5 Å². The summed E-state index contributed by atoms with van der Waals surface area (Å²) in [6.07, 6.45) is 5.97. The summed E-state index contributed by atoms with van der Waals surface area (Å²) in [7, 11) is 0. The first-order valence-electron chi connectivity index (χ1n) is 11.9. The van der Waals surface area contributed by atoms with E-state index in [1.807, 2.05) is 0 Å². The van der Waals surface area contributed by atoms with E-state index < -0.39 is 28.9 Å². The van der Waals surface area contributed by atoms with Crippen molar-refractivity contribution < 1.29 is 22.8 Å². The van der Waals surface area contributed by atoms with Crippen LogP contribution in [0, 0.1) is 23.6 Å². The van der Waals surface area contributed by atoms with Crippen molar-refractivity contribution in [3.8, 4) is 11.3 Å². The third kappa shape index (κ3) is 6.17. The highest BCUT2D eigenvalue weighted by molar-refractivity contribution is 8.18. The first kappa shape index (κ1) is 25.8. The van der Waals surface area contributed by atoms with Gasteiger partial charge in [0.15, 0.2) is 0 Å². The highest BCUT2D eigenvalue weighted by atomic mass is 32.2. The zero-order chi connectivity index (χ0) is 26.6. The number of piperidine rings is 1. The van der Waals surface area contributed by atoms with Gasteiger partial charge in [0.05, 0.1) is 22.5 Å². The number of carbonyl (C=O) groups excluding carboxylic acids is 2. The fourth-order valence-electron chi connectivity index (χ4n) is 4.28. The number of imide groups is 1. The lowest BCUT2D eigenvalue weighted by atomic mass is 9.97. The van der Waals surface area contributed by atoms with E-state index in [1.54, 1.807) is 18.3 Å². The second kappa shape index (κ2) is 11.3. The van der Waals surface area contributed by atoms with Crippen molar-refractivity contribution in [3.63, 3.8) is 0 Å². The number of amides is 2. The molecule has 2 N–H and O–H groups in total. The molecule has 0 aliphatic carbocycles. The van der Waals surface area contributed by atoms with Gasteiger partial charge in [-0.2, -0.15) is 13.8 Å². The van der Waals surface area contributed by atoms with Crippen molar-refractivity contribution >= 4 is 34.9 Å². The van der Waals surface area contributed by atoms with E-state index in [0.717, 1.165) is 56.0 Å². The molecule has 196 valence electrons. The third-order valence-corrected chi connectivity index (χ3v) is 7.04. The lowest BCUT2D eigenvalue weighted by Gasteiger charge is -2.32. The van der Waals surface area contributed by atoms with Gasteiger partial charge in [0.2, 0.25) is 17.8 Å². The maximum absolute atomic E-state index is 14.3. The minimum atomic E-state index is -0.969. The van der Waals surface area contributed by atoms with Crippen LogP contribution in [0.4, 0.5) is 23.9 Å². The molecule has 0 spiro atoms. The van der Waals surface area contributed by atoms with Crippen LogP contribution in [0.25, 0.3) is 17.3 Å². The van der Waals surface area contributed by atoms with Crippen LogP contribution in [-0.2, 0) is 11.3 Å². The molecule has 0 saturated carbocycles. The van der Waals surface area contributed by atoms with Crippen LogP contribution in [0.3, 0.4) is 0 Å². The van der Waals surface area contributed by atoms with Gasteiger partial charge in [-0.15, -0.1) is 0 Å². The molecular weight excluding hydrogens is 519 g/mol. The summed E-state index contributed by atoms with van der Waals surface area (Å²) in [4.78, 5) is 41.4. The Morgan fingerprint density at radius 2 is 1.84 bits per heavy atom. The monoisotopic (exact) mass is 541 g/mol. The van der Waals surface area contributed by atoms with Crippen molar-refractivity contribution in [3.05, 3.63) is 70.5 Å². The van der Waals surface area contributed by atoms with E-state index >= 15 is 0 Å². The molecule has 2 saturated heterocycles. The molecule has 2 fully saturated rings. The zero-order valence-corrected chi connectivity index (χ0v) is 20.8. The average Bonchev–Trinajstić information content (AvgIpc) is 3.21. The van der Waals surface area contributed by atoms with Gasteiger partial charge in [0.1, 0.15) is 5.82 Å². The average molecular weight is 542 g/mol. The molecule has 9 nitrogen and oxygen atoms in total. The van der Waals surface area contributed by atoms with E-state index in [9.17, 15) is 22.8 Å². The maximum atomic E-state index is 14.3. The SMILES string of the molecule is O=C1NC(=O)/C(=C/c2ccnc(N3CCC(CNCc4cc(-c5cc(F)nc(F)c5)ncc4F)CC3)n2)S1. The number of halogens is 3. The van der Waals surface area contributed by atoms with Crippen LogP contribution in [0.15, 0.2) is 41.6 Å². The van der Waals surface area contributed by atoms with Gasteiger partial charge in [-0.3, -0.25) is 19.9 Å². The highest BCUT2D eigenvalue weighted by Gasteiger charge is 2.26. The summed E-state index contributed by atoms with van der Waals surface area (Å²) in [6.45, 7) is 2.36. The topological polar surface area (TPSA) is 113 Å². The molecule has 13 heteroatoms. The summed E-state index contributed by atoms with van der Waals surface area (Å²) in [5, 5.41) is 5.09. The second-order valence-corrected chi connectivity index (χ2v) is 9.87. The summed E-state index contributed by atoms with van der Waals surface area (Å²) in [5.74, 6) is -1.97. The number of nitrogens with zero attached hydrogens (tertiary/aromatic N) is 5. The van der Waals surface area contributed by atoms with Gasteiger partial charge in [-0.25, -0.2) is 14.4 Å². The largest absolute Gasteiger partial charge is 0.341 e. The standard InChI is InChI=1S/C25H22F3N7O2S/c26-18-13-31-19(15-8-21(27)33-22(28)9-15)7-16(18)12-29-11-14-2-5-35(6-3-14)24-30-4-1-17(32-24)10-20-23(36)34-25(37)38-20/h1,4,7-10,13-14,29H,2-3,5-6,11-12H2,(H,34,36,37)/b20-10-. The van der Waals surface area contributed by atoms with Crippen molar-refractivity contribution in [2.24, 2.45) is 5.92 Å². The lowest BCUT2D eigenvalue weighted by molar-refractivity contribution is -0.115. The van der Waals surface area contributed by atoms with Crippen LogP contribution in [0.2, 0.25) is 0 Å². The number of pyridine rings is 2. The molecule has 38 heavy (non-hydrogen) atoms. The number of hydrogen-bond donors (Lipinski definition) is 2. The highest BCUT2D eigenvalue weighted by Crippen LogP contribution is 2.26. The molecule has 0 bridgehead atoms. The van der Waals surface area contributed by atoms with Gasteiger partial charge >= 0.3 is 0 Å². The number of carbonyl (C=O) groups is 2. The van der Waals surface area contributed by atoms with E-state index in [2.05, 4.69) is 35.5 Å². The predicted octanol–water partition coefficient (Wildman–Crippen LogP) is 3.68. The van der Waals surface area contributed by atoms with Crippen LogP contribution in [-0.4, -0.2) is 50.7 Å².